The molecule has 0 spiro atoms. The molecule has 3 rings (SSSR count). The summed E-state index contributed by atoms with van der Waals surface area (Å²) in [7, 11) is 0. The number of nitrogens with zero attached hydrogens (tertiary/aromatic N) is 1. The van der Waals surface area contributed by atoms with E-state index in [1.165, 1.54) is 11.5 Å². The van der Waals surface area contributed by atoms with Gasteiger partial charge in [-0.25, -0.2) is 4.39 Å². The fourth-order valence-electron chi connectivity index (χ4n) is 2.51. The van der Waals surface area contributed by atoms with Crippen molar-refractivity contribution in [1.29, 1.82) is 0 Å². The van der Waals surface area contributed by atoms with Crippen LogP contribution in [0.1, 0.15) is 16.7 Å². The first-order chi connectivity index (χ1) is 9.67. The molecule has 0 saturated heterocycles. The lowest BCUT2D eigenvalue weighted by atomic mass is 10.1. The molecule has 0 aliphatic rings. The highest BCUT2D eigenvalue weighted by molar-refractivity contribution is 5.81. The molecular weight excluding hydrogens is 251 g/mol. The molecule has 2 aromatic carbocycles. The largest absolute Gasteiger partial charge is 0.343 e. The van der Waals surface area contributed by atoms with Gasteiger partial charge >= 0.3 is 0 Å². The van der Waals surface area contributed by atoms with Crippen LogP contribution in [0, 0.1) is 12.7 Å². The van der Waals surface area contributed by atoms with Crippen LogP contribution in [0.3, 0.4) is 0 Å². The van der Waals surface area contributed by atoms with Crippen LogP contribution in [0.25, 0.3) is 10.9 Å². The van der Waals surface area contributed by atoms with Crippen LogP contribution in [0.15, 0.2) is 48.7 Å². The van der Waals surface area contributed by atoms with Crippen molar-refractivity contribution in [1.82, 2.24) is 4.57 Å². The maximum atomic E-state index is 13.4. The van der Waals surface area contributed by atoms with Gasteiger partial charge in [0, 0.05) is 24.8 Å². The highest BCUT2D eigenvalue weighted by Crippen LogP contribution is 2.20. The van der Waals surface area contributed by atoms with Crippen molar-refractivity contribution in [3.05, 3.63) is 71.2 Å². The van der Waals surface area contributed by atoms with Crippen molar-refractivity contribution >= 4 is 10.9 Å². The lowest BCUT2D eigenvalue weighted by Gasteiger charge is -2.09. The molecule has 2 N–H and O–H groups in total. The van der Waals surface area contributed by atoms with Gasteiger partial charge in [0.25, 0.3) is 0 Å². The first kappa shape index (κ1) is 12.9. The summed E-state index contributed by atoms with van der Waals surface area (Å²) in [6.45, 7) is 3.23. The van der Waals surface area contributed by atoms with E-state index in [1.807, 2.05) is 25.3 Å². The Morgan fingerprint density at radius 2 is 1.95 bits per heavy atom. The number of aryl methyl sites for hydroxylation is 1. The summed E-state index contributed by atoms with van der Waals surface area (Å²) in [6.07, 6.45) is 2.04. The second kappa shape index (κ2) is 5.10. The van der Waals surface area contributed by atoms with E-state index in [-0.39, 0.29) is 5.82 Å². The van der Waals surface area contributed by atoms with E-state index in [4.69, 9.17) is 5.73 Å². The Morgan fingerprint density at radius 3 is 2.75 bits per heavy atom. The van der Waals surface area contributed by atoms with E-state index >= 15 is 0 Å². The van der Waals surface area contributed by atoms with Gasteiger partial charge in [-0.15, -0.1) is 0 Å². The van der Waals surface area contributed by atoms with Crippen LogP contribution < -0.4 is 5.73 Å². The summed E-state index contributed by atoms with van der Waals surface area (Å²) < 4.78 is 15.5. The van der Waals surface area contributed by atoms with Gasteiger partial charge in [-0.1, -0.05) is 12.1 Å². The number of hydrogen-bond donors (Lipinski definition) is 1. The number of fused-ring (bicyclic) bond motifs is 1. The average Bonchev–Trinajstić information content (AvgIpc) is 2.85. The zero-order chi connectivity index (χ0) is 14.1. The Kier molecular flexibility index (Phi) is 3.28. The molecule has 0 saturated carbocycles. The summed E-state index contributed by atoms with van der Waals surface area (Å²) in [6, 6.07) is 13.2. The van der Waals surface area contributed by atoms with Crippen LogP contribution in [-0.2, 0) is 13.1 Å². The van der Waals surface area contributed by atoms with Crippen LogP contribution in [0.2, 0.25) is 0 Å². The monoisotopic (exact) mass is 268 g/mol. The van der Waals surface area contributed by atoms with Gasteiger partial charge in [0.1, 0.15) is 5.82 Å². The van der Waals surface area contributed by atoms with E-state index in [9.17, 15) is 4.39 Å². The van der Waals surface area contributed by atoms with E-state index in [0.717, 1.165) is 22.2 Å². The third-order valence-electron chi connectivity index (χ3n) is 3.72. The third kappa shape index (κ3) is 2.32. The number of hydrogen-bond acceptors (Lipinski definition) is 1. The summed E-state index contributed by atoms with van der Waals surface area (Å²) in [5.41, 5.74) is 10.0. The van der Waals surface area contributed by atoms with Crippen molar-refractivity contribution in [3.63, 3.8) is 0 Å². The highest BCUT2D eigenvalue weighted by Gasteiger charge is 2.05. The minimum absolute atomic E-state index is 0.188. The minimum Gasteiger partial charge on any atom is -0.343 e. The number of halogens is 1. The molecule has 102 valence electrons. The van der Waals surface area contributed by atoms with Gasteiger partial charge in [-0.2, -0.15) is 0 Å². The van der Waals surface area contributed by atoms with Gasteiger partial charge in [0.15, 0.2) is 0 Å². The van der Waals surface area contributed by atoms with Crippen molar-refractivity contribution in [2.75, 3.05) is 0 Å². The van der Waals surface area contributed by atoms with Crippen molar-refractivity contribution in [2.24, 2.45) is 5.73 Å². The molecule has 20 heavy (non-hydrogen) atoms. The van der Waals surface area contributed by atoms with Crippen LogP contribution in [0.4, 0.5) is 4.39 Å². The predicted molar refractivity (Wildman–Crippen MR) is 80.1 cm³/mol. The Balaban J connectivity index is 2.00. The second-order valence-electron chi connectivity index (χ2n) is 5.11. The smallest absolute Gasteiger partial charge is 0.123 e. The fraction of sp³-hybridized carbons (Fsp3) is 0.176. The van der Waals surface area contributed by atoms with Crippen molar-refractivity contribution in [3.8, 4) is 0 Å². The molecule has 0 bridgehead atoms. The SMILES string of the molecule is Cc1ccc(F)cc1Cn1ccc2cc(CN)ccc21. The van der Waals surface area contributed by atoms with E-state index in [1.54, 1.807) is 6.07 Å². The number of rotatable bonds is 3. The lowest BCUT2D eigenvalue weighted by molar-refractivity contribution is 0.623. The molecular formula is C17H17FN2. The minimum atomic E-state index is -0.188. The molecule has 1 aromatic heterocycles. The molecule has 0 unspecified atom stereocenters. The second-order valence-corrected chi connectivity index (χ2v) is 5.11. The molecule has 3 aromatic rings. The zero-order valence-corrected chi connectivity index (χ0v) is 11.4. The lowest BCUT2D eigenvalue weighted by Crippen LogP contribution is -2.01. The molecule has 0 radical (unpaired) electrons. The van der Waals surface area contributed by atoms with Crippen molar-refractivity contribution in [2.45, 2.75) is 20.0 Å². The Labute approximate surface area is 117 Å². The van der Waals surface area contributed by atoms with Gasteiger partial charge in [0.05, 0.1) is 0 Å². The summed E-state index contributed by atoms with van der Waals surface area (Å²) in [4.78, 5) is 0. The van der Waals surface area contributed by atoms with E-state index in [2.05, 4.69) is 22.8 Å². The summed E-state index contributed by atoms with van der Waals surface area (Å²) in [5.74, 6) is -0.188. The quantitative estimate of drug-likeness (QED) is 0.773. The maximum absolute atomic E-state index is 13.4. The zero-order valence-electron chi connectivity index (χ0n) is 11.4. The molecule has 0 fully saturated rings. The Morgan fingerprint density at radius 1 is 1.10 bits per heavy atom. The number of aromatic nitrogens is 1. The van der Waals surface area contributed by atoms with Crippen LogP contribution >= 0.6 is 0 Å². The van der Waals surface area contributed by atoms with Gasteiger partial charge in [-0.05, 0) is 59.3 Å². The Hall–Kier alpha value is -2.13. The molecule has 2 nitrogen and oxygen atoms in total. The molecule has 0 aliphatic carbocycles. The molecule has 0 aliphatic heterocycles. The first-order valence-electron chi connectivity index (χ1n) is 6.70. The van der Waals surface area contributed by atoms with E-state index in [0.29, 0.717) is 13.1 Å². The fourth-order valence-corrected chi connectivity index (χ4v) is 2.51. The molecule has 3 heteroatoms. The highest BCUT2D eigenvalue weighted by atomic mass is 19.1. The van der Waals surface area contributed by atoms with E-state index < -0.39 is 0 Å². The van der Waals surface area contributed by atoms with Gasteiger partial charge in [-0.3, -0.25) is 0 Å². The van der Waals surface area contributed by atoms with Gasteiger partial charge in [0.2, 0.25) is 0 Å². The standard InChI is InChI=1S/C17H17FN2/c1-12-2-4-16(18)9-15(12)11-20-7-6-14-8-13(10-19)3-5-17(14)20/h2-9H,10-11,19H2,1H3. The number of benzene rings is 2. The number of nitrogens with two attached hydrogens (primary N) is 1. The summed E-state index contributed by atoms with van der Waals surface area (Å²) in [5, 5.41) is 1.17. The molecule has 1 heterocycles. The normalized spacial score (nSPS) is 11.2. The van der Waals surface area contributed by atoms with Crippen LogP contribution in [0.5, 0.6) is 0 Å². The van der Waals surface area contributed by atoms with Crippen LogP contribution in [-0.4, -0.2) is 4.57 Å². The average molecular weight is 268 g/mol. The maximum Gasteiger partial charge on any atom is 0.123 e. The topological polar surface area (TPSA) is 30.9 Å². The molecule has 0 atom stereocenters. The first-order valence-corrected chi connectivity index (χ1v) is 6.70. The summed E-state index contributed by atoms with van der Waals surface area (Å²) >= 11 is 0. The Bertz CT molecular complexity index is 759. The third-order valence-corrected chi connectivity index (χ3v) is 3.72. The predicted octanol–water partition coefficient (Wildman–Crippen LogP) is 3.60. The van der Waals surface area contributed by atoms with Gasteiger partial charge < -0.3 is 10.3 Å². The molecule has 0 amide bonds. The van der Waals surface area contributed by atoms with Crippen molar-refractivity contribution < 1.29 is 4.39 Å².